The highest BCUT2D eigenvalue weighted by molar-refractivity contribution is 8.01. The first-order valence-electron chi connectivity index (χ1n) is 6.72. The third-order valence-electron chi connectivity index (χ3n) is 3.29. The molecule has 4 heteroatoms. The van der Waals surface area contributed by atoms with Gasteiger partial charge >= 0.3 is 0 Å². The van der Waals surface area contributed by atoms with Crippen LogP contribution in [0.4, 0.5) is 0 Å². The zero-order valence-electron chi connectivity index (χ0n) is 11.9. The number of thioether (sulfide) groups is 1. The van der Waals surface area contributed by atoms with Gasteiger partial charge in [0, 0.05) is 5.56 Å². The Bertz CT molecular complexity index is 774. The van der Waals surface area contributed by atoms with E-state index in [1.807, 2.05) is 50.2 Å². The van der Waals surface area contributed by atoms with Gasteiger partial charge in [-0.05, 0) is 37.6 Å². The largest absolute Gasteiger partial charge is 0.293 e. The maximum atomic E-state index is 12.4. The first-order chi connectivity index (χ1) is 10.1. The Kier molecular flexibility index (Phi) is 4.08. The van der Waals surface area contributed by atoms with Gasteiger partial charge in [0.05, 0.1) is 16.0 Å². The van der Waals surface area contributed by atoms with Crippen LogP contribution in [0.15, 0.2) is 46.8 Å². The molecule has 3 aromatic rings. The fourth-order valence-corrected chi connectivity index (χ4v) is 4.11. The Labute approximate surface area is 132 Å². The van der Waals surface area contributed by atoms with Crippen LogP contribution in [0, 0.1) is 13.8 Å². The van der Waals surface area contributed by atoms with Gasteiger partial charge in [0.2, 0.25) is 0 Å². The van der Waals surface area contributed by atoms with Gasteiger partial charge in [-0.2, -0.15) is 0 Å². The average molecular weight is 313 g/mol. The second-order valence-corrected chi connectivity index (χ2v) is 7.23. The molecule has 0 amide bonds. The van der Waals surface area contributed by atoms with Gasteiger partial charge in [-0.15, -0.1) is 11.3 Å². The number of nitrogens with zero attached hydrogens (tertiary/aromatic N) is 1. The number of para-hydroxylation sites is 1. The lowest BCUT2D eigenvalue weighted by Gasteiger charge is -2.05. The van der Waals surface area contributed by atoms with Crippen LogP contribution in [0.25, 0.3) is 10.2 Å². The monoisotopic (exact) mass is 313 g/mol. The maximum Gasteiger partial charge on any atom is 0.173 e. The van der Waals surface area contributed by atoms with Crippen LogP contribution < -0.4 is 0 Å². The van der Waals surface area contributed by atoms with Gasteiger partial charge in [-0.25, -0.2) is 4.98 Å². The van der Waals surface area contributed by atoms with E-state index in [0.717, 1.165) is 26.5 Å². The summed E-state index contributed by atoms with van der Waals surface area (Å²) in [6.45, 7) is 3.99. The Morgan fingerprint density at radius 3 is 2.81 bits per heavy atom. The van der Waals surface area contributed by atoms with E-state index in [2.05, 4.69) is 11.1 Å². The molecule has 0 aliphatic rings. The lowest BCUT2D eigenvalue weighted by Crippen LogP contribution is -2.05. The highest BCUT2D eigenvalue weighted by Crippen LogP contribution is 2.29. The molecule has 21 heavy (non-hydrogen) atoms. The van der Waals surface area contributed by atoms with Crippen molar-refractivity contribution >= 4 is 39.1 Å². The zero-order valence-corrected chi connectivity index (χ0v) is 13.6. The van der Waals surface area contributed by atoms with Crippen LogP contribution in [0.3, 0.4) is 0 Å². The van der Waals surface area contributed by atoms with Crippen molar-refractivity contribution in [2.24, 2.45) is 0 Å². The number of aryl methyl sites for hydroxylation is 2. The van der Waals surface area contributed by atoms with E-state index in [4.69, 9.17) is 0 Å². The van der Waals surface area contributed by atoms with Crippen molar-refractivity contribution < 1.29 is 4.79 Å². The second-order valence-electron chi connectivity index (χ2n) is 4.98. The van der Waals surface area contributed by atoms with E-state index < -0.39 is 0 Å². The quantitative estimate of drug-likeness (QED) is 0.507. The summed E-state index contributed by atoms with van der Waals surface area (Å²) in [5.74, 6) is 0.602. The molecular weight excluding hydrogens is 298 g/mol. The smallest absolute Gasteiger partial charge is 0.173 e. The number of hydrogen-bond acceptors (Lipinski definition) is 4. The van der Waals surface area contributed by atoms with Gasteiger partial charge in [-0.1, -0.05) is 41.6 Å². The lowest BCUT2D eigenvalue weighted by molar-refractivity contribution is 0.102. The van der Waals surface area contributed by atoms with Crippen molar-refractivity contribution in [2.45, 2.75) is 18.2 Å². The van der Waals surface area contributed by atoms with Gasteiger partial charge in [-0.3, -0.25) is 4.79 Å². The van der Waals surface area contributed by atoms with Crippen molar-refractivity contribution in [3.05, 3.63) is 59.2 Å². The standard InChI is InChI=1S/C17H15NOS2/c1-11-7-8-12(2)13(9-11)15(19)10-20-17-18-14-5-3-4-6-16(14)21-17/h3-9H,10H2,1-2H3. The SMILES string of the molecule is Cc1ccc(C)c(C(=O)CSc2nc3ccccc3s2)c1. The minimum Gasteiger partial charge on any atom is -0.293 e. The van der Waals surface area contributed by atoms with E-state index in [9.17, 15) is 4.79 Å². The van der Waals surface area contributed by atoms with E-state index in [-0.39, 0.29) is 5.78 Å². The number of hydrogen-bond donors (Lipinski definition) is 0. The molecule has 0 atom stereocenters. The Hall–Kier alpha value is -1.65. The van der Waals surface area contributed by atoms with Gasteiger partial charge in [0.15, 0.2) is 10.1 Å². The molecule has 0 radical (unpaired) electrons. The van der Waals surface area contributed by atoms with E-state index in [1.165, 1.54) is 16.5 Å². The number of carbonyl (C=O) groups is 1. The van der Waals surface area contributed by atoms with Crippen LogP contribution >= 0.6 is 23.1 Å². The molecule has 106 valence electrons. The summed E-state index contributed by atoms with van der Waals surface area (Å²) < 4.78 is 2.12. The lowest BCUT2D eigenvalue weighted by atomic mass is 10.0. The highest BCUT2D eigenvalue weighted by Gasteiger charge is 2.12. The number of ketones is 1. The van der Waals surface area contributed by atoms with Gasteiger partial charge in [0.25, 0.3) is 0 Å². The molecule has 0 saturated heterocycles. The first kappa shape index (κ1) is 14.3. The Morgan fingerprint density at radius 2 is 2.00 bits per heavy atom. The number of benzene rings is 2. The van der Waals surface area contributed by atoms with Crippen LogP contribution in [-0.4, -0.2) is 16.5 Å². The van der Waals surface area contributed by atoms with Crippen molar-refractivity contribution in [2.75, 3.05) is 5.75 Å². The summed E-state index contributed by atoms with van der Waals surface area (Å²) in [5.41, 5.74) is 3.98. The topological polar surface area (TPSA) is 30.0 Å². The normalized spacial score (nSPS) is 11.0. The predicted octanol–water partition coefficient (Wildman–Crippen LogP) is 4.89. The summed E-state index contributed by atoms with van der Waals surface area (Å²) in [4.78, 5) is 16.9. The molecular formula is C17H15NOS2. The van der Waals surface area contributed by atoms with E-state index >= 15 is 0 Å². The fourth-order valence-electron chi connectivity index (χ4n) is 2.15. The van der Waals surface area contributed by atoms with Crippen LogP contribution in [0.5, 0.6) is 0 Å². The average Bonchev–Trinajstić information content (AvgIpc) is 2.90. The molecule has 0 spiro atoms. The summed E-state index contributed by atoms with van der Waals surface area (Å²) in [5, 5.41) is 0. The molecule has 0 N–H and O–H groups in total. The summed E-state index contributed by atoms with van der Waals surface area (Å²) in [6, 6.07) is 14.1. The van der Waals surface area contributed by atoms with Crippen LogP contribution in [0.1, 0.15) is 21.5 Å². The Balaban J connectivity index is 1.74. The predicted molar refractivity (Wildman–Crippen MR) is 90.6 cm³/mol. The third-order valence-corrected chi connectivity index (χ3v) is 5.47. The summed E-state index contributed by atoms with van der Waals surface area (Å²) >= 11 is 3.16. The number of Topliss-reactive ketones (excluding diaryl/α,β-unsaturated/α-hetero) is 1. The number of rotatable bonds is 4. The number of thiazole rings is 1. The molecule has 2 aromatic carbocycles. The summed E-state index contributed by atoms with van der Waals surface area (Å²) in [6.07, 6.45) is 0. The van der Waals surface area contributed by atoms with E-state index in [1.54, 1.807) is 11.3 Å². The number of aromatic nitrogens is 1. The molecule has 2 nitrogen and oxygen atoms in total. The zero-order chi connectivity index (χ0) is 14.8. The second kappa shape index (κ2) is 6.00. The third kappa shape index (κ3) is 3.17. The van der Waals surface area contributed by atoms with Crippen molar-refractivity contribution in [3.63, 3.8) is 0 Å². The van der Waals surface area contributed by atoms with Crippen molar-refractivity contribution in [1.82, 2.24) is 4.98 Å². The first-order valence-corrected chi connectivity index (χ1v) is 8.52. The molecule has 1 heterocycles. The molecule has 0 unspecified atom stereocenters. The van der Waals surface area contributed by atoms with Crippen molar-refractivity contribution in [3.8, 4) is 0 Å². The van der Waals surface area contributed by atoms with Crippen LogP contribution in [-0.2, 0) is 0 Å². The molecule has 0 bridgehead atoms. The minimum absolute atomic E-state index is 0.167. The highest BCUT2D eigenvalue weighted by atomic mass is 32.2. The minimum atomic E-state index is 0.167. The fraction of sp³-hybridized carbons (Fsp3) is 0.176. The molecule has 0 fully saturated rings. The van der Waals surface area contributed by atoms with Crippen molar-refractivity contribution in [1.29, 1.82) is 0 Å². The Morgan fingerprint density at radius 1 is 1.19 bits per heavy atom. The van der Waals surface area contributed by atoms with Crippen LogP contribution in [0.2, 0.25) is 0 Å². The number of carbonyl (C=O) groups excluding carboxylic acids is 1. The maximum absolute atomic E-state index is 12.4. The van der Waals surface area contributed by atoms with E-state index in [0.29, 0.717) is 5.75 Å². The van der Waals surface area contributed by atoms with Gasteiger partial charge in [0.1, 0.15) is 0 Å². The molecule has 0 aliphatic heterocycles. The summed E-state index contributed by atoms with van der Waals surface area (Å²) in [7, 11) is 0. The molecule has 0 saturated carbocycles. The molecule has 0 aliphatic carbocycles. The molecule has 1 aromatic heterocycles. The number of fused-ring (bicyclic) bond motifs is 1. The van der Waals surface area contributed by atoms with Gasteiger partial charge < -0.3 is 0 Å². The molecule has 3 rings (SSSR count).